The molecular formula is C26H17BrF4N2O5S. The molecule has 3 aromatic carbocycles. The molecule has 202 valence electrons. The first-order valence-corrected chi connectivity index (χ1v) is 12.6. The maximum Gasteiger partial charge on any atom is 0.294 e. The number of rotatable bonds is 8. The first-order valence-electron chi connectivity index (χ1n) is 11.0. The summed E-state index contributed by atoms with van der Waals surface area (Å²) in [6.45, 7) is -0.720. The van der Waals surface area contributed by atoms with Crippen molar-refractivity contribution in [1.29, 1.82) is 0 Å². The summed E-state index contributed by atoms with van der Waals surface area (Å²) in [6.07, 6.45) is 1.40. The Morgan fingerprint density at radius 2 is 1.85 bits per heavy atom. The van der Waals surface area contributed by atoms with Crippen molar-refractivity contribution in [1.82, 2.24) is 4.90 Å². The molecule has 1 saturated heterocycles. The molecule has 3 aromatic rings. The Balaban J connectivity index is 1.47. The van der Waals surface area contributed by atoms with E-state index in [2.05, 4.69) is 15.9 Å². The number of halogens is 5. The van der Waals surface area contributed by atoms with Crippen molar-refractivity contribution >= 4 is 56.5 Å². The molecule has 3 amide bonds. The number of carbonyl (C=O) groups is 3. The van der Waals surface area contributed by atoms with Gasteiger partial charge in [-0.05, 0) is 81.3 Å². The number of nitrogens with one attached hydrogen (secondary N) is 1. The zero-order valence-electron chi connectivity index (χ0n) is 19.9. The number of hydrogen-bond acceptors (Lipinski definition) is 6. The zero-order chi connectivity index (χ0) is 28.3. The summed E-state index contributed by atoms with van der Waals surface area (Å²) in [5, 5.41) is 1.26. The van der Waals surface area contributed by atoms with Crippen molar-refractivity contribution in [3.8, 4) is 11.5 Å². The summed E-state index contributed by atoms with van der Waals surface area (Å²) in [5.41, 5.74) is 0.409. The van der Waals surface area contributed by atoms with E-state index in [9.17, 15) is 31.9 Å². The molecule has 0 radical (unpaired) electrons. The van der Waals surface area contributed by atoms with Crippen molar-refractivity contribution in [3.63, 3.8) is 0 Å². The van der Waals surface area contributed by atoms with Gasteiger partial charge in [0.05, 0.1) is 22.2 Å². The van der Waals surface area contributed by atoms with Crippen LogP contribution in [0.3, 0.4) is 0 Å². The molecule has 0 unspecified atom stereocenters. The van der Waals surface area contributed by atoms with Gasteiger partial charge in [-0.3, -0.25) is 19.3 Å². The van der Waals surface area contributed by atoms with Gasteiger partial charge in [-0.1, -0.05) is 12.1 Å². The second-order valence-electron chi connectivity index (χ2n) is 7.99. The minimum atomic E-state index is -1.77. The molecule has 0 spiro atoms. The Labute approximate surface area is 231 Å². The third-order valence-electron chi connectivity index (χ3n) is 5.31. The van der Waals surface area contributed by atoms with Crippen LogP contribution in [0.25, 0.3) is 6.08 Å². The van der Waals surface area contributed by atoms with Gasteiger partial charge < -0.3 is 14.8 Å². The largest absolute Gasteiger partial charge is 0.493 e. The lowest BCUT2D eigenvalue weighted by Crippen LogP contribution is -2.36. The van der Waals surface area contributed by atoms with Gasteiger partial charge in [0, 0.05) is 0 Å². The summed E-state index contributed by atoms with van der Waals surface area (Å²) in [4.78, 5) is 38.2. The number of nitrogens with zero attached hydrogens (tertiary/aromatic N) is 1. The molecule has 1 heterocycles. The molecule has 0 aliphatic carbocycles. The Morgan fingerprint density at radius 1 is 1.08 bits per heavy atom. The molecule has 0 saturated carbocycles. The molecule has 0 aromatic heterocycles. The lowest BCUT2D eigenvalue weighted by molar-refractivity contribution is -0.127. The lowest BCUT2D eigenvalue weighted by Gasteiger charge is -2.14. The number of amides is 3. The molecule has 7 nitrogen and oxygen atoms in total. The molecular weight excluding hydrogens is 608 g/mol. The van der Waals surface area contributed by atoms with E-state index in [-0.39, 0.29) is 11.5 Å². The van der Waals surface area contributed by atoms with Crippen molar-refractivity contribution in [3.05, 3.63) is 92.3 Å². The van der Waals surface area contributed by atoms with Crippen LogP contribution < -0.4 is 14.8 Å². The van der Waals surface area contributed by atoms with Crippen LogP contribution in [-0.4, -0.2) is 35.6 Å². The van der Waals surface area contributed by atoms with E-state index in [1.54, 1.807) is 24.3 Å². The highest BCUT2D eigenvalue weighted by Gasteiger charge is 2.36. The van der Waals surface area contributed by atoms with Gasteiger partial charge in [-0.2, -0.15) is 0 Å². The standard InChI is InChI=1S/C26H17BrF4N2O5S/c1-37-19-9-14(8-16(27)24(19)38-12-13-3-2-4-15(28)7-13)10-20-25(35)33(26(36)39-20)11-21(34)32-18-6-5-17(29)22(30)23(18)31/h2-10H,11-12H2,1H3,(H,32,34)/b20-10+. The summed E-state index contributed by atoms with van der Waals surface area (Å²) >= 11 is 3.96. The highest BCUT2D eigenvalue weighted by atomic mass is 79.9. The van der Waals surface area contributed by atoms with E-state index in [1.807, 2.05) is 5.32 Å². The van der Waals surface area contributed by atoms with Gasteiger partial charge in [0.15, 0.2) is 29.0 Å². The van der Waals surface area contributed by atoms with Crippen LogP contribution >= 0.6 is 27.7 Å². The number of benzene rings is 3. The maximum absolute atomic E-state index is 13.8. The summed E-state index contributed by atoms with van der Waals surface area (Å²) in [7, 11) is 1.41. The zero-order valence-corrected chi connectivity index (χ0v) is 22.3. The van der Waals surface area contributed by atoms with Gasteiger partial charge in [-0.15, -0.1) is 0 Å². The third-order valence-corrected chi connectivity index (χ3v) is 6.80. The van der Waals surface area contributed by atoms with Crippen LogP contribution in [-0.2, 0) is 16.2 Å². The SMILES string of the molecule is COc1cc(/C=C2/SC(=O)N(CC(=O)Nc3ccc(F)c(F)c3F)C2=O)cc(Br)c1OCc1cccc(F)c1. The predicted octanol–water partition coefficient (Wildman–Crippen LogP) is 6.27. The Bertz CT molecular complexity index is 1520. The molecule has 1 N–H and O–H groups in total. The maximum atomic E-state index is 13.8. The average Bonchev–Trinajstić information content (AvgIpc) is 3.15. The minimum absolute atomic E-state index is 0.00538. The molecule has 4 rings (SSSR count). The van der Waals surface area contributed by atoms with Crippen LogP contribution in [0.15, 0.2) is 57.9 Å². The van der Waals surface area contributed by atoms with Gasteiger partial charge in [0.2, 0.25) is 5.91 Å². The monoisotopic (exact) mass is 624 g/mol. The molecule has 1 aliphatic heterocycles. The first kappa shape index (κ1) is 28.2. The number of hydrogen-bond donors (Lipinski definition) is 1. The lowest BCUT2D eigenvalue weighted by atomic mass is 10.1. The van der Waals surface area contributed by atoms with Gasteiger partial charge in [-0.25, -0.2) is 17.6 Å². The Kier molecular flexibility index (Phi) is 8.60. The highest BCUT2D eigenvalue weighted by molar-refractivity contribution is 9.10. The van der Waals surface area contributed by atoms with Gasteiger partial charge in [0.25, 0.3) is 11.1 Å². The number of imide groups is 1. The van der Waals surface area contributed by atoms with Crippen LogP contribution in [0, 0.1) is 23.3 Å². The van der Waals surface area contributed by atoms with Crippen LogP contribution in [0.1, 0.15) is 11.1 Å². The molecule has 1 aliphatic rings. The molecule has 39 heavy (non-hydrogen) atoms. The van der Waals surface area contributed by atoms with E-state index in [4.69, 9.17) is 9.47 Å². The van der Waals surface area contributed by atoms with E-state index in [0.29, 0.717) is 49.8 Å². The number of carbonyl (C=O) groups excluding carboxylic acids is 3. The number of thioether (sulfide) groups is 1. The number of anilines is 1. The van der Waals surface area contributed by atoms with Gasteiger partial charge in [0.1, 0.15) is 19.0 Å². The fourth-order valence-electron chi connectivity index (χ4n) is 3.49. The van der Waals surface area contributed by atoms with Crippen molar-refractivity contribution in [2.45, 2.75) is 6.61 Å². The van der Waals surface area contributed by atoms with Crippen LogP contribution in [0.2, 0.25) is 0 Å². The average molecular weight is 625 g/mol. The fraction of sp³-hybridized carbons (Fsp3) is 0.115. The topological polar surface area (TPSA) is 84.9 Å². The smallest absolute Gasteiger partial charge is 0.294 e. The van der Waals surface area contributed by atoms with Crippen molar-refractivity contribution in [2.24, 2.45) is 0 Å². The predicted molar refractivity (Wildman–Crippen MR) is 139 cm³/mol. The molecule has 13 heteroatoms. The summed E-state index contributed by atoms with van der Waals surface area (Å²) in [5.74, 6) is -6.38. The quantitative estimate of drug-likeness (QED) is 0.181. The third kappa shape index (κ3) is 6.42. The Morgan fingerprint density at radius 3 is 2.56 bits per heavy atom. The van der Waals surface area contributed by atoms with E-state index < -0.39 is 52.6 Å². The van der Waals surface area contributed by atoms with Gasteiger partial charge >= 0.3 is 0 Å². The summed E-state index contributed by atoms with van der Waals surface area (Å²) < 4.78 is 65.4. The molecule has 0 bridgehead atoms. The molecule has 0 atom stereocenters. The molecule has 1 fully saturated rings. The van der Waals surface area contributed by atoms with E-state index in [1.165, 1.54) is 25.3 Å². The highest BCUT2D eigenvalue weighted by Crippen LogP contribution is 2.39. The Hall–Kier alpha value is -3.84. The normalized spacial score (nSPS) is 14.2. The van der Waals surface area contributed by atoms with Crippen LogP contribution in [0.4, 0.5) is 28.0 Å². The number of ether oxygens (including phenoxy) is 2. The van der Waals surface area contributed by atoms with Crippen molar-refractivity contribution in [2.75, 3.05) is 19.0 Å². The van der Waals surface area contributed by atoms with E-state index in [0.717, 1.165) is 6.07 Å². The summed E-state index contributed by atoms with van der Waals surface area (Å²) in [6, 6.07) is 10.5. The second kappa shape index (κ2) is 11.9. The van der Waals surface area contributed by atoms with Crippen molar-refractivity contribution < 1.29 is 41.4 Å². The van der Waals surface area contributed by atoms with E-state index >= 15 is 0 Å². The first-order chi connectivity index (χ1) is 18.6. The minimum Gasteiger partial charge on any atom is -0.493 e. The van der Waals surface area contributed by atoms with Crippen LogP contribution in [0.5, 0.6) is 11.5 Å². The second-order valence-corrected chi connectivity index (χ2v) is 9.84. The number of methoxy groups -OCH3 is 1. The fourth-order valence-corrected chi connectivity index (χ4v) is 4.90.